The molecule has 0 fully saturated rings. The second-order valence-corrected chi connectivity index (χ2v) is 0. The van der Waals surface area contributed by atoms with E-state index in [1.54, 1.807) is 0 Å². The van der Waals surface area contributed by atoms with Gasteiger partial charge in [0.15, 0.2) is 0 Å². The average molecular weight is 119 g/mol. The van der Waals surface area contributed by atoms with Gasteiger partial charge in [0.1, 0.15) is 0 Å². The first-order valence-corrected chi connectivity index (χ1v) is 0.470. The van der Waals surface area contributed by atoms with Crippen LogP contribution in [0.2, 0.25) is 0 Å². The summed E-state index contributed by atoms with van der Waals surface area (Å²) in [7, 11) is 0. The van der Waals surface area contributed by atoms with Crippen molar-refractivity contribution in [3.63, 3.8) is 0 Å². The van der Waals surface area contributed by atoms with E-state index in [0.29, 0.717) is 0 Å². The number of hydrogen-bond donors (Lipinski definition) is 0. The second kappa shape index (κ2) is 139. The molecule has 4 heavy (non-hydrogen) atoms. The molecular formula is H4CuFO2. The summed E-state index contributed by atoms with van der Waals surface area (Å²) < 4.78 is 9.06. The van der Waals surface area contributed by atoms with Crippen LogP contribution in [0, 0.1) is 0 Å². The van der Waals surface area contributed by atoms with Crippen molar-refractivity contribution in [3.05, 3.63) is 0 Å². The first-order chi connectivity index (χ1) is 1.00. The fraction of sp³-hybridized carbons (Fsp3) is 0. The van der Waals surface area contributed by atoms with Crippen LogP contribution >= 0.6 is 0 Å². The summed E-state index contributed by atoms with van der Waals surface area (Å²) in [5, 5.41) is 0. The van der Waals surface area contributed by atoms with Gasteiger partial charge in [0.25, 0.3) is 0 Å². The molecule has 4 heteroatoms. The number of hydrogen-bond acceptors (Lipinski definition) is 0. The molecule has 0 aromatic carbocycles. The summed E-state index contributed by atoms with van der Waals surface area (Å²) in [6.45, 7) is 0. The summed E-state index contributed by atoms with van der Waals surface area (Å²) in [5.41, 5.74) is 0. The Morgan fingerprint density at radius 2 is 1.00 bits per heavy atom. The summed E-state index contributed by atoms with van der Waals surface area (Å²) in [6, 6.07) is 0. The van der Waals surface area contributed by atoms with E-state index in [1.807, 2.05) is 0 Å². The van der Waals surface area contributed by atoms with E-state index in [1.165, 1.54) is 0 Å². The van der Waals surface area contributed by atoms with E-state index in [4.69, 9.17) is 3.55 Å². The molecule has 0 amide bonds. The van der Waals surface area contributed by atoms with Gasteiger partial charge in [0, 0.05) is 0 Å². The van der Waals surface area contributed by atoms with Crippen molar-refractivity contribution in [1.82, 2.24) is 0 Å². The van der Waals surface area contributed by atoms with Gasteiger partial charge in [0.05, 0.1) is 0 Å². The molecule has 0 unspecified atom stereocenters. The molecule has 0 aliphatic heterocycles. The zero-order chi connectivity index (χ0) is 2.00. The second-order valence-electron chi connectivity index (χ2n) is 0. The fourth-order valence-electron chi connectivity index (χ4n) is 0. The molecule has 0 heterocycles. The van der Waals surface area contributed by atoms with Gasteiger partial charge in [-0.3, -0.25) is 0 Å². The van der Waals surface area contributed by atoms with Crippen molar-refractivity contribution < 1.29 is 31.0 Å². The van der Waals surface area contributed by atoms with Gasteiger partial charge in [-0.2, -0.15) is 0 Å². The van der Waals surface area contributed by atoms with E-state index in [2.05, 4.69) is 16.5 Å². The van der Waals surface area contributed by atoms with Crippen LogP contribution < -0.4 is 0 Å². The molecule has 0 atom stereocenters. The molecule has 0 radical (unpaired) electrons. The van der Waals surface area contributed by atoms with Crippen molar-refractivity contribution in [2.45, 2.75) is 0 Å². The zero-order valence-corrected chi connectivity index (χ0v) is 2.62. The van der Waals surface area contributed by atoms with Crippen molar-refractivity contribution >= 4 is 0 Å². The first-order valence-electron chi connectivity index (χ1n) is 0.114. The maximum atomic E-state index is 9.06. The number of halogens is 1. The van der Waals surface area contributed by atoms with Crippen LogP contribution in [0.15, 0.2) is 0 Å². The van der Waals surface area contributed by atoms with Crippen LogP contribution in [0.5, 0.6) is 0 Å². The van der Waals surface area contributed by atoms with Crippen molar-refractivity contribution in [1.29, 1.82) is 0 Å². The predicted molar refractivity (Wildman–Crippen MR) is 8.34 cm³/mol. The molecule has 0 aromatic rings. The number of rotatable bonds is 0. The molecule has 0 aliphatic rings. The molecule has 4 N–H and O–H groups in total. The van der Waals surface area contributed by atoms with Gasteiger partial charge < -0.3 is 11.0 Å². The Morgan fingerprint density at radius 1 is 1.00 bits per heavy atom. The Labute approximate surface area is 31.9 Å². The van der Waals surface area contributed by atoms with Crippen LogP contribution in [0.1, 0.15) is 0 Å². The predicted octanol–water partition coefficient (Wildman–Crippen LogP) is -1.23. The Hall–Kier alpha value is 0.369. The van der Waals surface area contributed by atoms with Crippen molar-refractivity contribution in [2.24, 2.45) is 0 Å². The molecule has 0 spiro atoms. The maximum absolute atomic E-state index is 9.06. The fourth-order valence-corrected chi connectivity index (χ4v) is 0. The summed E-state index contributed by atoms with van der Waals surface area (Å²) in [5.74, 6) is 0. The zero-order valence-electron chi connectivity index (χ0n) is 1.68. The molecule has 0 saturated heterocycles. The molecular weight excluding hydrogens is 115 g/mol. The summed E-state index contributed by atoms with van der Waals surface area (Å²) in [4.78, 5) is 0. The minimum absolute atomic E-state index is 0. The Kier molecular flexibility index (Phi) is 916. The molecule has 0 rings (SSSR count). The van der Waals surface area contributed by atoms with Crippen LogP contribution in [0.3, 0.4) is 0 Å². The quantitative estimate of drug-likeness (QED) is 0.358. The molecule has 0 saturated carbocycles. The van der Waals surface area contributed by atoms with Gasteiger partial charge in [-0.1, -0.05) is 0 Å². The standard InChI is InChI=1S/Cu.FH.2H2O/h;1H;2*1H2/q+1;;;/p-1. The summed E-state index contributed by atoms with van der Waals surface area (Å²) >= 11 is 2.69. The normalized spacial score (nSPS) is 1.75. The van der Waals surface area contributed by atoms with Gasteiger partial charge in [-0.25, -0.2) is 0 Å². The minimum atomic E-state index is 0. The Bertz CT molecular complexity index is 6.00. The summed E-state index contributed by atoms with van der Waals surface area (Å²) in [6.07, 6.45) is 0. The SMILES string of the molecule is O.O.[F][Cu]. The third-order valence-corrected chi connectivity index (χ3v) is 0. The van der Waals surface area contributed by atoms with Crippen molar-refractivity contribution in [3.8, 4) is 0 Å². The van der Waals surface area contributed by atoms with Gasteiger partial charge >= 0.3 is 20.0 Å². The van der Waals surface area contributed by atoms with Crippen molar-refractivity contribution in [2.75, 3.05) is 0 Å². The Morgan fingerprint density at radius 3 is 1.00 bits per heavy atom. The molecule has 2 nitrogen and oxygen atoms in total. The Balaban J connectivity index is -0.00000000500. The van der Waals surface area contributed by atoms with Gasteiger partial charge in [-0.15, -0.1) is 0 Å². The monoisotopic (exact) mass is 118 g/mol. The van der Waals surface area contributed by atoms with E-state index in [9.17, 15) is 0 Å². The van der Waals surface area contributed by atoms with E-state index in [-0.39, 0.29) is 11.0 Å². The molecule has 34 valence electrons. The molecule has 0 aliphatic carbocycles. The van der Waals surface area contributed by atoms with Gasteiger partial charge in [-0.05, 0) is 0 Å². The van der Waals surface area contributed by atoms with Crippen LogP contribution in [0.25, 0.3) is 0 Å². The topological polar surface area (TPSA) is 63.0 Å². The van der Waals surface area contributed by atoms with E-state index >= 15 is 0 Å². The molecule has 0 bridgehead atoms. The third-order valence-electron chi connectivity index (χ3n) is 0. The van der Waals surface area contributed by atoms with Crippen LogP contribution in [-0.4, -0.2) is 11.0 Å². The first kappa shape index (κ1) is 26.5. The third kappa shape index (κ3) is 32.6. The van der Waals surface area contributed by atoms with Gasteiger partial charge in [0.2, 0.25) is 0 Å². The average Bonchev–Trinajstić information content (AvgIpc) is 1.00. The van der Waals surface area contributed by atoms with E-state index < -0.39 is 0 Å². The van der Waals surface area contributed by atoms with Crippen LogP contribution in [0.4, 0.5) is 3.55 Å². The van der Waals surface area contributed by atoms with Crippen LogP contribution in [-0.2, 0) is 16.5 Å². The van der Waals surface area contributed by atoms with E-state index in [0.717, 1.165) is 0 Å². The molecule has 0 aromatic heterocycles.